The van der Waals surface area contributed by atoms with Crippen molar-refractivity contribution in [2.75, 3.05) is 14.7 Å². The topological polar surface area (TPSA) is 9.72 Å². The highest BCUT2D eigenvalue weighted by molar-refractivity contribution is 7.00. The number of fused-ring (bicyclic) bond motifs is 10. The molecule has 4 heteroatoms. The Kier molecular flexibility index (Phi) is 9.63. The maximum Gasteiger partial charge on any atom is 0.252 e. The van der Waals surface area contributed by atoms with E-state index in [1.165, 1.54) is 118 Å². The lowest BCUT2D eigenvalue weighted by atomic mass is 9.33. The molecule has 5 aliphatic rings. The SMILES string of the molecule is Cc1cc(C)c2c(c1)C1(C)CCc3ccccc3C1(C)N2c1cc2c3c(c1)N(c1ccc(C(C)(C)C)cc1-c1ccccc1)c1cc4c(cc1B3c1ccccc1N2c1ccccc1)C(C)(C)CCC4(C)C. The summed E-state index contributed by atoms with van der Waals surface area (Å²) in [5, 5.41) is 0. The third-order valence-corrected chi connectivity index (χ3v) is 18.6. The maximum atomic E-state index is 2.82. The molecule has 3 aliphatic heterocycles. The Morgan fingerprint density at radius 1 is 0.486 bits per heavy atom. The molecule has 8 aromatic rings. The monoisotopic (exact) mass is 938 g/mol. The Balaban J connectivity index is 1.21. The Bertz CT molecular complexity index is 3540. The highest BCUT2D eigenvalue weighted by atomic mass is 15.3. The molecule has 0 saturated carbocycles. The van der Waals surface area contributed by atoms with Crippen molar-refractivity contribution in [3.8, 4) is 11.1 Å². The summed E-state index contributed by atoms with van der Waals surface area (Å²) in [5.74, 6) is 0. The summed E-state index contributed by atoms with van der Waals surface area (Å²) in [7, 11) is 0. The van der Waals surface area contributed by atoms with E-state index in [1.54, 1.807) is 0 Å². The first-order chi connectivity index (χ1) is 34.4. The largest absolute Gasteiger partial charge is 0.330 e. The third kappa shape index (κ3) is 6.23. The molecular formula is C68H68BN3. The number of nitrogens with zero attached hydrogens (tertiary/aromatic N) is 3. The van der Waals surface area contributed by atoms with Crippen LogP contribution in [-0.4, -0.2) is 6.71 Å². The molecule has 2 atom stereocenters. The molecule has 0 bridgehead atoms. The van der Waals surface area contributed by atoms with E-state index < -0.39 is 0 Å². The van der Waals surface area contributed by atoms with Crippen molar-refractivity contribution in [3.05, 3.63) is 208 Å². The lowest BCUT2D eigenvalue weighted by molar-refractivity contribution is 0.245. The number of para-hydroxylation sites is 2. The zero-order valence-corrected chi connectivity index (χ0v) is 44.3. The predicted octanol–water partition coefficient (Wildman–Crippen LogP) is 16.0. The fourth-order valence-corrected chi connectivity index (χ4v) is 14.5. The van der Waals surface area contributed by atoms with Gasteiger partial charge >= 0.3 is 0 Å². The van der Waals surface area contributed by atoms with Crippen molar-refractivity contribution in [2.24, 2.45) is 0 Å². The summed E-state index contributed by atoms with van der Waals surface area (Å²) in [5.41, 5.74) is 27.3. The van der Waals surface area contributed by atoms with Crippen molar-refractivity contribution in [2.45, 2.75) is 129 Å². The first-order valence-electron chi connectivity index (χ1n) is 26.7. The average molecular weight is 938 g/mol. The minimum Gasteiger partial charge on any atom is -0.330 e. The average Bonchev–Trinajstić information content (AvgIpc) is 3.58. The number of anilines is 8. The number of hydrogen-bond donors (Lipinski definition) is 0. The van der Waals surface area contributed by atoms with Gasteiger partial charge in [-0.3, -0.25) is 0 Å². The molecule has 0 spiro atoms. The molecule has 0 saturated heterocycles. The Morgan fingerprint density at radius 2 is 1.12 bits per heavy atom. The van der Waals surface area contributed by atoms with E-state index in [2.05, 4.69) is 255 Å². The van der Waals surface area contributed by atoms with Gasteiger partial charge in [-0.25, -0.2) is 0 Å². The van der Waals surface area contributed by atoms with Crippen LogP contribution >= 0.6 is 0 Å². The van der Waals surface area contributed by atoms with Gasteiger partial charge in [-0.05, 0) is 172 Å². The van der Waals surface area contributed by atoms with Gasteiger partial charge in [-0.15, -0.1) is 0 Å². The molecule has 2 aliphatic carbocycles. The molecule has 3 heterocycles. The fourth-order valence-electron chi connectivity index (χ4n) is 14.5. The summed E-state index contributed by atoms with van der Waals surface area (Å²) in [6, 6.07) is 63.9. The molecule has 13 rings (SSSR count). The van der Waals surface area contributed by atoms with Gasteiger partial charge in [0.25, 0.3) is 6.71 Å². The Labute approximate surface area is 429 Å². The van der Waals surface area contributed by atoms with Crippen molar-refractivity contribution in [1.29, 1.82) is 0 Å². The van der Waals surface area contributed by atoms with Crippen LogP contribution in [0.25, 0.3) is 11.1 Å². The molecule has 0 radical (unpaired) electrons. The minimum absolute atomic E-state index is 0.00173. The van der Waals surface area contributed by atoms with E-state index in [4.69, 9.17) is 0 Å². The molecule has 2 unspecified atom stereocenters. The molecule has 3 nitrogen and oxygen atoms in total. The van der Waals surface area contributed by atoms with Gasteiger partial charge in [0.15, 0.2) is 0 Å². The predicted molar refractivity (Wildman–Crippen MR) is 307 cm³/mol. The number of aryl methyl sites for hydroxylation is 3. The maximum absolute atomic E-state index is 2.82. The summed E-state index contributed by atoms with van der Waals surface area (Å²) in [6.07, 6.45) is 4.45. The van der Waals surface area contributed by atoms with E-state index in [0.717, 1.165) is 25.7 Å². The van der Waals surface area contributed by atoms with E-state index >= 15 is 0 Å². The van der Waals surface area contributed by atoms with Crippen LogP contribution in [0.4, 0.5) is 45.5 Å². The first-order valence-corrected chi connectivity index (χ1v) is 26.7. The Morgan fingerprint density at radius 3 is 1.85 bits per heavy atom. The normalized spacial score (nSPS) is 20.7. The molecular weight excluding hydrogens is 870 g/mol. The molecule has 0 fully saturated rings. The standard InChI is InChI=1S/C68H68BN3/c1-43-36-44(2)63-54(37-43)67(10)33-32-46-24-18-19-27-51(46)68(67,11)72(63)49-39-60-62-61(40-49)71(57-31-30-47(64(3,4)5)38-50(57)45-22-14-12-15-23-45)59-42-53-52(65(6,7)34-35-66(53,8)9)41-56(59)69(62)55-28-20-21-29-58(55)70(60)48-25-16-13-17-26-48/h12-31,36-42H,32-35H2,1-11H3. The molecule has 8 aromatic carbocycles. The second-order valence-corrected chi connectivity index (χ2v) is 24.8. The summed E-state index contributed by atoms with van der Waals surface area (Å²) in [4.78, 5) is 8.14. The Hall–Kier alpha value is -6.78. The molecule has 0 aromatic heterocycles. The lowest BCUT2D eigenvalue weighted by Gasteiger charge is -2.52. The second kappa shape index (κ2) is 15.4. The van der Waals surface area contributed by atoms with Crippen LogP contribution in [0.3, 0.4) is 0 Å². The van der Waals surface area contributed by atoms with E-state index in [1.807, 2.05) is 0 Å². The molecule has 358 valence electrons. The van der Waals surface area contributed by atoms with Crippen molar-refractivity contribution >= 4 is 68.6 Å². The van der Waals surface area contributed by atoms with Crippen molar-refractivity contribution in [1.82, 2.24) is 0 Å². The lowest BCUT2D eigenvalue weighted by Crippen LogP contribution is -2.62. The van der Waals surface area contributed by atoms with E-state index in [9.17, 15) is 0 Å². The molecule has 72 heavy (non-hydrogen) atoms. The van der Waals surface area contributed by atoms with Crippen LogP contribution in [0.1, 0.15) is 126 Å². The van der Waals surface area contributed by atoms with Gasteiger partial charge in [-0.2, -0.15) is 0 Å². The van der Waals surface area contributed by atoms with Crippen LogP contribution in [0, 0.1) is 13.8 Å². The minimum atomic E-state index is -0.386. The number of rotatable bonds is 4. The fraction of sp³-hybridized carbons (Fsp3) is 0.294. The zero-order chi connectivity index (χ0) is 49.9. The van der Waals surface area contributed by atoms with Crippen LogP contribution < -0.4 is 31.1 Å². The van der Waals surface area contributed by atoms with Gasteiger partial charge in [0.05, 0.1) is 11.2 Å². The van der Waals surface area contributed by atoms with Crippen LogP contribution in [0.5, 0.6) is 0 Å². The quantitative estimate of drug-likeness (QED) is 0.163. The van der Waals surface area contributed by atoms with Gasteiger partial charge in [-0.1, -0.05) is 176 Å². The smallest absolute Gasteiger partial charge is 0.252 e. The summed E-state index contributed by atoms with van der Waals surface area (Å²) in [6.45, 7) is 26.8. The zero-order valence-electron chi connectivity index (χ0n) is 44.3. The van der Waals surface area contributed by atoms with Gasteiger partial charge in [0.1, 0.15) is 0 Å². The van der Waals surface area contributed by atoms with Crippen molar-refractivity contribution in [3.63, 3.8) is 0 Å². The first kappa shape index (κ1) is 45.1. The van der Waals surface area contributed by atoms with Crippen LogP contribution in [0.2, 0.25) is 0 Å². The van der Waals surface area contributed by atoms with Gasteiger partial charge in [0.2, 0.25) is 0 Å². The van der Waals surface area contributed by atoms with Crippen molar-refractivity contribution < 1.29 is 0 Å². The highest BCUT2D eigenvalue weighted by Gasteiger charge is 2.61. The van der Waals surface area contributed by atoms with Crippen LogP contribution in [-0.2, 0) is 33.6 Å². The van der Waals surface area contributed by atoms with Crippen LogP contribution in [0.15, 0.2) is 164 Å². The summed E-state index contributed by atoms with van der Waals surface area (Å²) >= 11 is 0. The second-order valence-electron chi connectivity index (χ2n) is 24.8. The van der Waals surface area contributed by atoms with E-state index in [0.29, 0.717) is 0 Å². The molecule has 0 N–H and O–H groups in total. The number of benzene rings is 8. The van der Waals surface area contributed by atoms with Gasteiger partial charge in [0, 0.05) is 50.8 Å². The highest BCUT2D eigenvalue weighted by Crippen LogP contribution is 2.65. The number of hydrogen-bond acceptors (Lipinski definition) is 3. The van der Waals surface area contributed by atoms with E-state index in [-0.39, 0.29) is 33.9 Å². The van der Waals surface area contributed by atoms with Gasteiger partial charge < -0.3 is 14.7 Å². The summed E-state index contributed by atoms with van der Waals surface area (Å²) < 4.78 is 0. The molecule has 0 amide bonds. The third-order valence-electron chi connectivity index (χ3n) is 18.6.